The highest BCUT2D eigenvalue weighted by Gasteiger charge is 2.47. The fourth-order valence-corrected chi connectivity index (χ4v) is 5.01. The molecule has 9 heteroatoms. The smallest absolute Gasteiger partial charge is 0.341 e. The molecule has 3 heterocycles. The van der Waals surface area contributed by atoms with Crippen LogP contribution in [-0.4, -0.2) is 55.3 Å². The first-order valence-electron chi connectivity index (χ1n) is 10.9. The van der Waals surface area contributed by atoms with Crippen LogP contribution in [0.2, 0.25) is 0 Å². The van der Waals surface area contributed by atoms with Gasteiger partial charge in [-0.1, -0.05) is 0 Å². The first-order chi connectivity index (χ1) is 15.7. The van der Waals surface area contributed by atoms with Crippen LogP contribution in [0.1, 0.15) is 54.6 Å². The predicted octanol–water partition coefficient (Wildman–Crippen LogP) is 3.61. The maximum absolute atomic E-state index is 15.5. The minimum Gasteiger partial charge on any atom is -0.493 e. The van der Waals surface area contributed by atoms with Crippen molar-refractivity contribution in [3.05, 3.63) is 45.5 Å². The molecule has 8 nitrogen and oxygen atoms in total. The second kappa shape index (κ2) is 8.79. The van der Waals surface area contributed by atoms with Crippen molar-refractivity contribution >= 4 is 5.97 Å². The first kappa shape index (κ1) is 23.3. The standard InChI is InChI=1S/C24H28FNO7/c1-24(2)22-13(6-9-33-24)14-10-18(32-8-5-7-30-3)17(31-4)11-15(14)20-19(25)21(27)16(23(28)29)12-26(20)22/h10-13,22H,5-9H2,1-4H3,(H,28,29)/t13-,22+/m1/s1. The highest BCUT2D eigenvalue weighted by molar-refractivity contribution is 5.88. The number of nitrogens with zero attached hydrogens (tertiary/aromatic N) is 1. The van der Waals surface area contributed by atoms with Gasteiger partial charge in [0.15, 0.2) is 17.3 Å². The normalized spacial score (nSPS) is 20.4. The molecule has 1 saturated heterocycles. The third-order valence-electron chi connectivity index (χ3n) is 6.45. The second-order valence-corrected chi connectivity index (χ2v) is 8.82. The molecule has 1 N–H and O–H groups in total. The lowest BCUT2D eigenvalue weighted by Gasteiger charge is -2.49. The van der Waals surface area contributed by atoms with Gasteiger partial charge in [0.1, 0.15) is 5.56 Å². The summed E-state index contributed by atoms with van der Waals surface area (Å²) >= 11 is 0. The summed E-state index contributed by atoms with van der Waals surface area (Å²) in [5.41, 5.74) is -1.14. The Morgan fingerprint density at radius 1 is 1.27 bits per heavy atom. The highest BCUT2D eigenvalue weighted by atomic mass is 19.1. The third-order valence-corrected chi connectivity index (χ3v) is 6.45. The molecule has 0 amide bonds. The first-order valence-corrected chi connectivity index (χ1v) is 10.9. The molecular formula is C24H28FNO7. The predicted molar refractivity (Wildman–Crippen MR) is 118 cm³/mol. The quantitative estimate of drug-likeness (QED) is 0.629. The van der Waals surface area contributed by atoms with Gasteiger partial charge in [-0.05, 0) is 38.0 Å². The van der Waals surface area contributed by atoms with Crippen molar-refractivity contribution in [1.82, 2.24) is 4.57 Å². The number of carbonyl (C=O) groups is 1. The zero-order valence-corrected chi connectivity index (χ0v) is 19.1. The van der Waals surface area contributed by atoms with E-state index in [0.717, 1.165) is 5.56 Å². The number of hydrogen-bond acceptors (Lipinski definition) is 6. The lowest BCUT2D eigenvalue weighted by Crippen LogP contribution is -2.47. The van der Waals surface area contributed by atoms with E-state index in [2.05, 4.69) is 0 Å². The van der Waals surface area contributed by atoms with Crippen LogP contribution in [0.3, 0.4) is 0 Å². The molecule has 0 unspecified atom stereocenters. The van der Waals surface area contributed by atoms with E-state index in [1.165, 1.54) is 13.3 Å². The minimum atomic E-state index is -1.47. The minimum absolute atomic E-state index is 0.0315. The largest absolute Gasteiger partial charge is 0.493 e. The van der Waals surface area contributed by atoms with Gasteiger partial charge in [-0.3, -0.25) is 4.79 Å². The molecule has 0 radical (unpaired) electrons. The van der Waals surface area contributed by atoms with Gasteiger partial charge in [-0.2, -0.15) is 0 Å². The van der Waals surface area contributed by atoms with E-state index in [4.69, 9.17) is 18.9 Å². The number of aromatic nitrogens is 1. The van der Waals surface area contributed by atoms with Crippen molar-refractivity contribution in [3.63, 3.8) is 0 Å². The van der Waals surface area contributed by atoms with Crippen LogP contribution in [0.4, 0.5) is 4.39 Å². The number of rotatable bonds is 7. The zero-order chi connectivity index (χ0) is 23.9. The molecule has 2 atom stereocenters. The number of methoxy groups -OCH3 is 2. The summed E-state index contributed by atoms with van der Waals surface area (Å²) in [5, 5.41) is 9.50. The van der Waals surface area contributed by atoms with Crippen LogP contribution < -0.4 is 14.9 Å². The molecule has 0 spiro atoms. The number of halogens is 1. The van der Waals surface area contributed by atoms with Crippen molar-refractivity contribution in [2.45, 2.75) is 44.2 Å². The summed E-state index contributed by atoms with van der Waals surface area (Å²) in [6, 6.07) is 3.09. The summed E-state index contributed by atoms with van der Waals surface area (Å²) in [7, 11) is 3.11. The van der Waals surface area contributed by atoms with Crippen molar-refractivity contribution in [3.8, 4) is 22.8 Å². The monoisotopic (exact) mass is 461 g/mol. The van der Waals surface area contributed by atoms with Crippen LogP contribution in [0.15, 0.2) is 23.1 Å². The number of pyridine rings is 1. The Morgan fingerprint density at radius 3 is 2.70 bits per heavy atom. The van der Waals surface area contributed by atoms with Gasteiger partial charge in [0.25, 0.3) is 0 Å². The maximum atomic E-state index is 15.5. The van der Waals surface area contributed by atoms with E-state index in [-0.39, 0.29) is 11.6 Å². The van der Waals surface area contributed by atoms with Gasteiger partial charge in [-0.15, -0.1) is 0 Å². The number of carboxylic acid groups (broad SMARTS) is 1. The summed E-state index contributed by atoms with van der Waals surface area (Å²) in [6.07, 6.45) is 2.57. The molecule has 0 saturated carbocycles. The molecular weight excluding hydrogens is 433 g/mol. The summed E-state index contributed by atoms with van der Waals surface area (Å²) in [4.78, 5) is 24.2. The average Bonchev–Trinajstić information content (AvgIpc) is 2.77. The van der Waals surface area contributed by atoms with Crippen molar-refractivity contribution < 1.29 is 33.2 Å². The van der Waals surface area contributed by atoms with Gasteiger partial charge in [0, 0.05) is 44.4 Å². The molecule has 4 rings (SSSR count). The Hall–Kier alpha value is -2.91. The molecule has 0 aliphatic carbocycles. The number of fused-ring (bicyclic) bond motifs is 6. The molecule has 1 aromatic carbocycles. The van der Waals surface area contributed by atoms with Crippen LogP contribution >= 0.6 is 0 Å². The number of ether oxygens (including phenoxy) is 4. The van der Waals surface area contributed by atoms with Gasteiger partial charge < -0.3 is 28.6 Å². The van der Waals surface area contributed by atoms with Gasteiger partial charge >= 0.3 is 5.97 Å². The van der Waals surface area contributed by atoms with Crippen LogP contribution in [0.5, 0.6) is 11.5 Å². The molecule has 0 bridgehead atoms. The van der Waals surface area contributed by atoms with Gasteiger partial charge in [0.05, 0.1) is 31.1 Å². The van der Waals surface area contributed by atoms with E-state index < -0.39 is 34.4 Å². The van der Waals surface area contributed by atoms with E-state index in [0.29, 0.717) is 49.7 Å². The Balaban J connectivity index is 1.95. The molecule has 1 fully saturated rings. The Labute approximate surface area is 190 Å². The highest BCUT2D eigenvalue weighted by Crippen LogP contribution is 2.54. The molecule has 2 aliphatic rings. The number of hydrogen-bond donors (Lipinski definition) is 1. The fourth-order valence-electron chi connectivity index (χ4n) is 5.01. The third kappa shape index (κ3) is 3.89. The summed E-state index contributed by atoms with van der Waals surface area (Å²) < 4.78 is 39.6. The van der Waals surface area contributed by atoms with E-state index in [1.54, 1.807) is 17.7 Å². The van der Waals surface area contributed by atoms with Crippen molar-refractivity contribution in [2.75, 3.05) is 34.0 Å². The summed E-state index contributed by atoms with van der Waals surface area (Å²) in [6.45, 7) is 5.24. The average molecular weight is 461 g/mol. The molecule has 1 aromatic heterocycles. The van der Waals surface area contributed by atoms with Gasteiger partial charge in [0.2, 0.25) is 5.43 Å². The second-order valence-electron chi connectivity index (χ2n) is 8.82. The van der Waals surface area contributed by atoms with Crippen molar-refractivity contribution in [2.24, 2.45) is 0 Å². The topological polar surface area (TPSA) is 96.2 Å². The Morgan fingerprint density at radius 2 is 2.03 bits per heavy atom. The number of carboxylic acids is 1. The van der Waals surface area contributed by atoms with E-state index >= 15 is 4.39 Å². The maximum Gasteiger partial charge on any atom is 0.341 e. The Bertz CT molecular complexity index is 1140. The summed E-state index contributed by atoms with van der Waals surface area (Å²) in [5.74, 6) is -1.76. The van der Waals surface area contributed by atoms with E-state index in [1.807, 2.05) is 19.9 Å². The fraction of sp³-hybridized carbons (Fsp3) is 0.500. The lowest BCUT2D eigenvalue weighted by atomic mass is 9.73. The molecule has 2 aromatic rings. The Kier molecular flexibility index (Phi) is 6.20. The van der Waals surface area contributed by atoms with Crippen LogP contribution in [0, 0.1) is 5.82 Å². The zero-order valence-electron chi connectivity index (χ0n) is 19.1. The molecule has 178 valence electrons. The molecule has 33 heavy (non-hydrogen) atoms. The number of benzene rings is 1. The SMILES string of the molecule is COCCCOc1cc2c(cc1OC)-c1c(F)c(=O)c(C(=O)O)cn1[C@H]1[C@@H]2CCOC1(C)C. The van der Waals surface area contributed by atoms with Crippen LogP contribution in [-0.2, 0) is 9.47 Å². The van der Waals surface area contributed by atoms with Gasteiger partial charge in [-0.25, -0.2) is 9.18 Å². The lowest BCUT2D eigenvalue weighted by molar-refractivity contribution is -0.0979. The van der Waals surface area contributed by atoms with Crippen LogP contribution in [0.25, 0.3) is 11.3 Å². The molecule has 2 aliphatic heterocycles. The number of aromatic carboxylic acids is 1. The van der Waals surface area contributed by atoms with E-state index in [9.17, 15) is 14.7 Å². The van der Waals surface area contributed by atoms with Crippen molar-refractivity contribution in [1.29, 1.82) is 0 Å².